The lowest BCUT2D eigenvalue weighted by molar-refractivity contribution is 0.307. The summed E-state index contributed by atoms with van der Waals surface area (Å²) in [5.41, 5.74) is 3.08. The standard InChI is InChI=1S/C17H24N6OS/c1-22(2)6-5-19-17(25)21-13-3-4-16-15(9-13)23(7-8-24-16)11-14-10-18-12-20-14/h3-4,9-10,12H,5-8,11H2,1-2H3,(H,18,20)(H2,19,21,25). The van der Waals surface area contributed by atoms with Crippen LogP contribution in [0.25, 0.3) is 0 Å². The van der Waals surface area contributed by atoms with Gasteiger partial charge in [-0.2, -0.15) is 0 Å². The summed E-state index contributed by atoms with van der Waals surface area (Å²) < 4.78 is 5.77. The summed E-state index contributed by atoms with van der Waals surface area (Å²) in [6.45, 7) is 4.02. The van der Waals surface area contributed by atoms with E-state index < -0.39 is 0 Å². The maximum Gasteiger partial charge on any atom is 0.170 e. The number of imidazole rings is 1. The lowest BCUT2D eigenvalue weighted by Gasteiger charge is -2.31. The molecule has 2 heterocycles. The molecule has 7 nitrogen and oxygen atoms in total. The third-order valence-electron chi connectivity index (χ3n) is 3.94. The molecule has 0 saturated carbocycles. The number of thiocarbonyl (C=S) groups is 1. The summed E-state index contributed by atoms with van der Waals surface area (Å²) in [5.74, 6) is 0.891. The van der Waals surface area contributed by atoms with Crippen molar-refractivity contribution in [2.45, 2.75) is 6.54 Å². The minimum absolute atomic E-state index is 0.624. The minimum Gasteiger partial charge on any atom is -0.490 e. The molecule has 3 rings (SSSR count). The first-order valence-corrected chi connectivity index (χ1v) is 8.71. The Morgan fingerprint density at radius 3 is 3.08 bits per heavy atom. The molecule has 0 saturated heterocycles. The van der Waals surface area contributed by atoms with Crippen molar-refractivity contribution in [3.05, 3.63) is 36.4 Å². The molecule has 1 aromatic carbocycles. The van der Waals surface area contributed by atoms with E-state index in [0.29, 0.717) is 11.7 Å². The molecule has 25 heavy (non-hydrogen) atoms. The topological polar surface area (TPSA) is 68.5 Å². The number of likely N-dealkylation sites (N-methyl/N-ethyl adjacent to an activating group) is 1. The van der Waals surface area contributed by atoms with Crippen molar-refractivity contribution in [1.82, 2.24) is 20.2 Å². The lowest BCUT2D eigenvalue weighted by atomic mass is 10.2. The Balaban J connectivity index is 1.66. The summed E-state index contributed by atoms with van der Waals surface area (Å²) >= 11 is 5.37. The van der Waals surface area contributed by atoms with E-state index in [4.69, 9.17) is 17.0 Å². The number of aromatic nitrogens is 2. The Hall–Kier alpha value is -2.32. The van der Waals surface area contributed by atoms with Crippen molar-refractivity contribution in [3.63, 3.8) is 0 Å². The van der Waals surface area contributed by atoms with E-state index in [1.54, 1.807) is 6.33 Å². The van der Waals surface area contributed by atoms with Crippen LogP contribution in [-0.4, -0.2) is 60.3 Å². The third kappa shape index (κ3) is 4.83. The second-order valence-electron chi connectivity index (χ2n) is 6.21. The number of anilines is 2. The van der Waals surface area contributed by atoms with E-state index in [0.717, 1.165) is 49.0 Å². The van der Waals surface area contributed by atoms with E-state index in [9.17, 15) is 0 Å². The average Bonchev–Trinajstić information content (AvgIpc) is 3.08. The third-order valence-corrected chi connectivity index (χ3v) is 4.18. The fourth-order valence-corrected chi connectivity index (χ4v) is 2.88. The Bertz CT molecular complexity index is 703. The van der Waals surface area contributed by atoms with Gasteiger partial charge in [-0.3, -0.25) is 0 Å². The largest absolute Gasteiger partial charge is 0.490 e. The SMILES string of the molecule is CN(C)CCNC(=S)Nc1ccc2c(c1)N(Cc1cnc[nH]1)CCO2. The van der Waals surface area contributed by atoms with E-state index in [2.05, 4.69) is 36.5 Å². The van der Waals surface area contributed by atoms with Crippen LogP contribution in [0.3, 0.4) is 0 Å². The number of benzene rings is 1. The van der Waals surface area contributed by atoms with Crippen LogP contribution in [0, 0.1) is 0 Å². The monoisotopic (exact) mass is 360 g/mol. The Morgan fingerprint density at radius 1 is 1.44 bits per heavy atom. The predicted molar refractivity (Wildman–Crippen MR) is 104 cm³/mol. The van der Waals surface area contributed by atoms with E-state index in [1.807, 2.05) is 32.4 Å². The van der Waals surface area contributed by atoms with Crippen LogP contribution in [0.4, 0.5) is 11.4 Å². The summed E-state index contributed by atoms with van der Waals surface area (Å²) in [4.78, 5) is 11.6. The summed E-state index contributed by atoms with van der Waals surface area (Å²) in [6, 6.07) is 6.04. The molecule has 0 spiro atoms. The second kappa shape index (κ2) is 8.17. The summed E-state index contributed by atoms with van der Waals surface area (Å²) in [5, 5.41) is 7.08. The molecule has 0 aliphatic carbocycles. The molecular formula is C17H24N6OS. The zero-order valence-corrected chi connectivity index (χ0v) is 15.4. The number of fused-ring (bicyclic) bond motifs is 1. The fourth-order valence-electron chi connectivity index (χ4n) is 2.66. The maximum absolute atomic E-state index is 5.77. The van der Waals surface area contributed by atoms with Gasteiger partial charge in [0.05, 0.1) is 30.8 Å². The number of nitrogens with one attached hydrogen (secondary N) is 3. The first-order valence-electron chi connectivity index (χ1n) is 8.30. The van der Waals surface area contributed by atoms with Gasteiger partial charge in [-0.05, 0) is 44.5 Å². The van der Waals surface area contributed by atoms with Crippen molar-refractivity contribution in [2.24, 2.45) is 0 Å². The Labute approximate surface area is 153 Å². The molecule has 1 aliphatic rings. The van der Waals surface area contributed by atoms with Crippen LogP contribution >= 0.6 is 12.2 Å². The van der Waals surface area contributed by atoms with Gasteiger partial charge in [-0.15, -0.1) is 0 Å². The highest BCUT2D eigenvalue weighted by Gasteiger charge is 2.19. The maximum atomic E-state index is 5.77. The molecule has 2 aromatic rings. The first-order chi connectivity index (χ1) is 12.1. The zero-order valence-electron chi connectivity index (χ0n) is 14.6. The molecule has 3 N–H and O–H groups in total. The average molecular weight is 360 g/mol. The van der Waals surface area contributed by atoms with Crippen molar-refractivity contribution < 1.29 is 4.74 Å². The molecule has 0 atom stereocenters. The van der Waals surface area contributed by atoms with Gasteiger partial charge in [-0.25, -0.2) is 4.98 Å². The minimum atomic E-state index is 0.624. The quantitative estimate of drug-likeness (QED) is 0.677. The highest BCUT2D eigenvalue weighted by Crippen LogP contribution is 2.34. The number of rotatable bonds is 6. The number of nitrogens with zero attached hydrogens (tertiary/aromatic N) is 3. The van der Waals surface area contributed by atoms with Crippen LogP contribution in [0.1, 0.15) is 5.69 Å². The second-order valence-corrected chi connectivity index (χ2v) is 6.62. The number of H-pyrrole nitrogens is 1. The van der Waals surface area contributed by atoms with Crippen molar-refractivity contribution >= 4 is 28.7 Å². The van der Waals surface area contributed by atoms with Crippen molar-refractivity contribution in [3.8, 4) is 5.75 Å². The number of aromatic amines is 1. The van der Waals surface area contributed by atoms with Gasteiger partial charge in [0.15, 0.2) is 5.11 Å². The Kier molecular flexibility index (Phi) is 5.72. The number of hydrogen-bond acceptors (Lipinski definition) is 5. The molecule has 8 heteroatoms. The molecule has 0 fully saturated rings. The van der Waals surface area contributed by atoms with Crippen LogP contribution in [0.15, 0.2) is 30.7 Å². The molecule has 0 amide bonds. The highest BCUT2D eigenvalue weighted by molar-refractivity contribution is 7.80. The summed E-state index contributed by atoms with van der Waals surface area (Å²) in [7, 11) is 4.08. The van der Waals surface area contributed by atoms with Gasteiger partial charge < -0.3 is 30.2 Å². The van der Waals surface area contributed by atoms with Crippen molar-refractivity contribution in [2.75, 3.05) is 50.6 Å². The van der Waals surface area contributed by atoms with Gasteiger partial charge in [0.1, 0.15) is 12.4 Å². The van der Waals surface area contributed by atoms with Crippen LogP contribution in [0.2, 0.25) is 0 Å². The molecular weight excluding hydrogens is 336 g/mol. The van der Waals surface area contributed by atoms with Crippen LogP contribution in [-0.2, 0) is 6.54 Å². The van der Waals surface area contributed by atoms with Crippen LogP contribution in [0.5, 0.6) is 5.75 Å². The van der Waals surface area contributed by atoms with E-state index in [1.165, 1.54) is 0 Å². The molecule has 134 valence electrons. The number of hydrogen-bond donors (Lipinski definition) is 3. The van der Waals surface area contributed by atoms with E-state index >= 15 is 0 Å². The number of ether oxygens (including phenoxy) is 1. The zero-order chi connectivity index (χ0) is 17.6. The van der Waals surface area contributed by atoms with Gasteiger partial charge in [0.25, 0.3) is 0 Å². The van der Waals surface area contributed by atoms with Crippen molar-refractivity contribution in [1.29, 1.82) is 0 Å². The predicted octanol–water partition coefficient (Wildman–Crippen LogP) is 1.66. The molecule has 0 bridgehead atoms. The van der Waals surface area contributed by atoms with Gasteiger partial charge in [0, 0.05) is 25.0 Å². The Morgan fingerprint density at radius 2 is 2.32 bits per heavy atom. The normalized spacial score (nSPS) is 13.3. The van der Waals surface area contributed by atoms with Gasteiger partial charge in [0.2, 0.25) is 0 Å². The molecule has 1 aliphatic heterocycles. The molecule has 1 aromatic heterocycles. The van der Waals surface area contributed by atoms with Gasteiger partial charge in [-0.1, -0.05) is 0 Å². The first kappa shape index (κ1) is 17.5. The van der Waals surface area contributed by atoms with E-state index in [-0.39, 0.29) is 0 Å². The van der Waals surface area contributed by atoms with Crippen LogP contribution < -0.4 is 20.3 Å². The highest BCUT2D eigenvalue weighted by atomic mass is 32.1. The smallest absolute Gasteiger partial charge is 0.170 e. The fraction of sp³-hybridized carbons (Fsp3) is 0.412. The lowest BCUT2D eigenvalue weighted by Crippen LogP contribution is -2.34. The molecule has 0 radical (unpaired) electrons. The van der Waals surface area contributed by atoms with Gasteiger partial charge >= 0.3 is 0 Å². The molecule has 0 unspecified atom stereocenters. The summed E-state index contributed by atoms with van der Waals surface area (Å²) in [6.07, 6.45) is 3.55.